The molecule has 0 aliphatic carbocycles. The highest BCUT2D eigenvalue weighted by atomic mass is 32.2. The maximum atomic E-state index is 12.7. The van der Waals surface area contributed by atoms with Crippen LogP contribution < -0.4 is 10.5 Å². The first-order chi connectivity index (χ1) is 9.50. The van der Waals surface area contributed by atoms with Crippen molar-refractivity contribution in [3.63, 3.8) is 0 Å². The molecule has 1 saturated heterocycles. The van der Waals surface area contributed by atoms with Crippen molar-refractivity contribution in [2.45, 2.75) is 23.9 Å². The van der Waals surface area contributed by atoms with E-state index < -0.39 is 10.0 Å². The number of hydrogen-bond donors (Lipinski definition) is 1. The quantitative estimate of drug-likeness (QED) is 0.859. The van der Waals surface area contributed by atoms with Crippen LogP contribution in [-0.2, 0) is 21.3 Å². The molecule has 0 aromatic heterocycles. The van der Waals surface area contributed by atoms with Crippen LogP contribution in [-0.4, -0.2) is 46.1 Å². The fourth-order valence-corrected chi connectivity index (χ4v) is 3.72. The monoisotopic (exact) mass is 300 g/mol. The third-order valence-electron chi connectivity index (χ3n) is 3.54. The maximum absolute atomic E-state index is 12.7. The van der Waals surface area contributed by atoms with Crippen molar-refractivity contribution in [1.82, 2.24) is 4.31 Å². The summed E-state index contributed by atoms with van der Waals surface area (Å²) in [6, 6.07) is 4.78. The second-order valence-corrected chi connectivity index (χ2v) is 6.69. The van der Waals surface area contributed by atoms with Crippen molar-refractivity contribution in [1.29, 1.82) is 0 Å². The minimum Gasteiger partial charge on any atom is -0.495 e. The van der Waals surface area contributed by atoms with E-state index in [1.165, 1.54) is 11.4 Å². The van der Waals surface area contributed by atoms with Gasteiger partial charge in [0, 0.05) is 20.2 Å². The number of hydrogen-bond acceptors (Lipinski definition) is 5. The lowest BCUT2D eigenvalue weighted by Crippen LogP contribution is -2.37. The van der Waals surface area contributed by atoms with Crippen LogP contribution in [0.15, 0.2) is 23.1 Å². The standard InChI is InChI=1S/C13H20N2O4S/c1-15(11-5-6-19-9-11)20(16,17)13-4-3-10(8-14)7-12(13)18-2/h3-4,7,11H,5-6,8-9,14H2,1-2H3. The van der Waals surface area contributed by atoms with Crippen molar-refractivity contribution >= 4 is 10.0 Å². The van der Waals surface area contributed by atoms with Gasteiger partial charge in [0.1, 0.15) is 10.6 Å². The van der Waals surface area contributed by atoms with E-state index in [0.29, 0.717) is 31.9 Å². The van der Waals surface area contributed by atoms with Gasteiger partial charge in [0.2, 0.25) is 10.0 Å². The Labute approximate surface area is 119 Å². The fourth-order valence-electron chi connectivity index (χ4n) is 2.21. The number of ether oxygens (including phenoxy) is 2. The van der Waals surface area contributed by atoms with Crippen LogP contribution >= 0.6 is 0 Å². The van der Waals surface area contributed by atoms with Crippen molar-refractivity contribution in [3.8, 4) is 5.75 Å². The summed E-state index contributed by atoms with van der Waals surface area (Å²) in [5.41, 5.74) is 6.39. The third-order valence-corrected chi connectivity index (χ3v) is 5.49. The summed E-state index contributed by atoms with van der Waals surface area (Å²) in [4.78, 5) is 0.159. The van der Waals surface area contributed by atoms with Crippen LogP contribution in [0.3, 0.4) is 0 Å². The van der Waals surface area contributed by atoms with E-state index in [9.17, 15) is 8.42 Å². The van der Waals surface area contributed by atoms with Crippen molar-refractivity contribution < 1.29 is 17.9 Å². The summed E-state index contributed by atoms with van der Waals surface area (Å²) in [7, 11) is -0.577. The first kappa shape index (κ1) is 15.2. The van der Waals surface area contributed by atoms with E-state index in [0.717, 1.165) is 5.56 Å². The molecule has 0 radical (unpaired) electrons. The van der Waals surface area contributed by atoms with Gasteiger partial charge >= 0.3 is 0 Å². The van der Waals surface area contributed by atoms with Gasteiger partial charge in [0.25, 0.3) is 0 Å². The lowest BCUT2D eigenvalue weighted by atomic mass is 10.2. The smallest absolute Gasteiger partial charge is 0.246 e. The molecule has 20 heavy (non-hydrogen) atoms. The molecule has 1 unspecified atom stereocenters. The van der Waals surface area contributed by atoms with Crippen molar-refractivity contribution in [3.05, 3.63) is 23.8 Å². The summed E-state index contributed by atoms with van der Waals surface area (Å²) < 4.78 is 37.1. The van der Waals surface area contributed by atoms with Gasteiger partial charge in [-0.1, -0.05) is 6.07 Å². The summed E-state index contributed by atoms with van der Waals surface area (Å²) >= 11 is 0. The van der Waals surface area contributed by atoms with Gasteiger partial charge in [-0.3, -0.25) is 0 Å². The van der Waals surface area contributed by atoms with E-state index in [2.05, 4.69) is 0 Å². The molecule has 1 aliphatic rings. The zero-order valence-electron chi connectivity index (χ0n) is 11.7. The number of benzene rings is 1. The molecular weight excluding hydrogens is 280 g/mol. The topological polar surface area (TPSA) is 81.9 Å². The van der Waals surface area contributed by atoms with Gasteiger partial charge in [0.05, 0.1) is 19.8 Å². The first-order valence-electron chi connectivity index (χ1n) is 6.43. The molecule has 0 bridgehead atoms. The fraction of sp³-hybridized carbons (Fsp3) is 0.538. The van der Waals surface area contributed by atoms with E-state index >= 15 is 0 Å². The van der Waals surface area contributed by atoms with Crippen LogP contribution in [0.5, 0.6) is 5.75 Å². The minimum atomic E-state index is -3.60. The van der Waals surface area contributed by atoms with Gasteiger partial charge in [-0.15, -0.1) is 0 Å². The van der Waals surface area contributed by atoms with E-state index in [4.69, 9.17) is 15.2 Å². The molecule has 1 aromatic rings. The van der Waals surface area contributed by atoms with Gasteiger partial charge in [0.15, 0.2) is 0 Å². The third kappa shape index (κ3) is 2.80. The van der Waals surface area contributed by atoms with Crippen LogP contribution in [0.4, 0.5) is 0 Å². The Morgan fingerprint density at radius 3 is 2.80 bits per heavy atom. The molecule has 1 aliphatic heterocycles. The molecular formula is C13H20N2O4S. The predicted octanol–water partition coefficient (Wildman–Crippen LogP) is 0.563. The zero-order chi connectivity index (χ0) is 14.8. The summed E-state index contributed by atoms with van der Waals surface area (Å²) in [6.07, 6.45) is 0.707. The second-order valence-electron chi connectivity index (χ2n) is 4.73. The number of likely N-dealkylation sites (N-methyl/N-ethyl adjacent to an activating group) is 1. The molecule has 0 amide bonds. The number of nitrogens with two attached hydrogens (primary N) is 1. The zero-order valence-corrected chi connectivity index (χ0v) is 12.5. The lowest BCUT2D eigenvalue weighted by Gasteiger charge is -2.23. The number of sulfonamides is 1. The first-order valence-corrected chi connectivity index (χ1v) is 7.87. The lowest BCUT2D eigenvalue weighted by molar-refractivity contribution is 0.180. The van der Waals surface area contributed by atoms with Gasteiger partial charge in [-0.05, 0) is 24.1 Å². The molecule has 0 saturated carbocycles. The summed E-state index contributed by atoms with van der Waals surface area (Å²) in [5.74, 6) is 0.318. The number of nitrogens with zero attached hydrogens (tertiary/aromatic N) is 1. The Kier molecular flexibility index (Phi) is 4.64. The van der Waals surface area contributed by atoms with Gasteiger partial charge in [-0.25, -0.2) is 8.42 Å². The Morgan fingerprint density at radius 2 is 2.25 bits per heavy atom. The Bertz CT molecular complexity index is 568. The van der Waals surface area contributed by atoms with Crippen LogP contribution in [0.25, 0.3) is 0 Å². The van der Waals surface area contributed by atoms with Gasteiger partial charge < -0.3 is 15.2 Å². The molecule has 0 spiro atoms. The normalized spacial score (nSPS) is 19.5. The van der Waals surface area contributed by atoms with Crippen molar-refractivity contribution in [2.24, 2.45) is 5.73 Å². The summed E-state index contributed by atoms with van der Waals surface area (Å²) in [6.45, 7) is 1.36. The average Bonchev–Trinajstić information content (AvgIpc) is 2.99. The molecule has 1 heterocycles. The van der Waals surface area contributed by atoms with E-state index in [-0.39, 0.29) is 10.9 Å². The molecule has 1 atom stereocenters. The molecule has 2 rings (SSSR count). The Hall–Kier alpha value is -1.15. The highest BCUT2D eigenvalue weighted by Gasteiger charge is 2.32. The minimum absolute atomic E-state index is 0.126. The van der Waals surface area contributed by atoms with Crippen LogP contribution in [0.2, 0.25) is 0 Å². The average molecular weight is 300 g/mol. The van der Waals surface area contributed by atoms with E-state index in [1.807, 2.05) is 0 Å². The highest BCUT2D eigenvalue weighted by Crippen LogP contribution is 2.29. The predicted molar refractivity (Wildman–Crippen MR) is 75.1 cm³/mol. The Morgan fingerprint density at radius 1 is 1.50 bits per heavy atom. The Balaban J connectivity index is 2.37. The van der Waals surface area contributed by atoms with E-state index in [1.54, 1.807) is 25.2 Å². The van der Waals surface area contributed by atoms with Crippen LogP contribution in [0.1, 0.15) is 12.0 Å². The van der Waals surface area contributed by atoms with Crippen molar-refractivity contribution in [2.75, 3.05) is 27.4 Å². The SMILES string of the molecule is COc1cc(CN)ccc1S(=O)(=O)N(C)C1CCOC1. The van der Waals surface area contributed by atoms with Crippen LogP contribution in [0, 0.1) is 0 Å². The molecule has 1 fully saturated rings. The van der Waals surface area contributed by atoms with Gasteiger partial charge in [-0.2, -0.15) is 4.31 Å². The largest absolute Gasteiger partial charge is 0.495 e. The molecule has 2 N–H and O–H groups in total. The second kappa shape index (κ2) is 6.09. The number of rotatable bonds is 5. The maximum Gasteiger partial charge on any atom is 0.246 e. The molecule has 7 heteroatoms. The molecule has 112 valence electrons. The number of methoxy groups -OCH3 is 1. The summed E-state index contributed by atoms with van der Waals surface area (Å²) in [5, 5.41) is 0. The molecule has 1 aromatic carbocycles. The molecule has 6 nitrogen and oxygen atoms in total. The highest BCUT2D eigenvalue weighted by molar-refractivity contribution is 7.89.